The number of hydrogen-bond acceptors (Lipinski definition) is 4. The van der Waals surface area contributed by atoms with Crippen molar-refractivity contribution < 1.29 is 14.3 Å². The molecule has 0 atom stereocenters. The number of hydrogen-bond donors (Lipinski definition) is 1. The fourth-order valence-electron chi connectivity index (χ4n) is 1.26. The molecule has 0 aliphatic rings. The Morgan fingerprint density at radius 3 is 2.73 bits per heavy atom. The van der Waals surface area contributed by atoms with E-state index in [1.165, 1.54) is 0 Å². The first-order valence-corrected chi connectivity index (χ1v) is 4.67. The van der Waals surface area contributed by atoms with Crippen LogP contribution in [0.1, 0.15) is 5.56 Å². The van der Waals surface area contributed by atoms with E-state index in [1.54, 1.807) is 14.2 Å². The third-order valence-electron chi connectivity index (χ3n) is 2.04. The Kier molecular flexibility index (Phi) is 4.63. The third kappa shape index (κ3) is 3.25. The molecule has 0 aliphatic heterocycles. The van der Waals surface area contributed by atoms with E-state index < -0.39 is 0 Å². The lowest BCUT2D eigenvalue weighted by Crippen LogP contribution is -2.15. The molecule has 0 aliphatic carbocycles. The number of carbonyl (C=O) groups is 1. The average Bonchev–Trinajstić information content (AvgIpc) is 2.29. The summed E-state index contributed by atoms with van der Waals surface area (Å²) in [6.45, 7) is 0.946. The molecule has 15 heavy (non-hydrogen) atoms. The molecular weight excluding hydrogens is 194 g/mol. The van der Waals surface area contributed by atoms with Gasteiger partial charge in [0.1, 0.15) is 17.8 Å². The molecular formula is C11H15NO3. The van der Waals surface area contributed by atoms with Crippen molar-refractivity contribution >= 4 is 6.29 Å². The highest BCUT2D eigenvalue weighted by Crippen LogP contribution is 2.24. The van der Waals surface area contributed by atoms with E-state index in [1.807, 2.05) is 18.2 Å². The smallest absolute Gasteiger partial charge is 0.133 e. The normalized spacial score (nSPS) is 9.73. The molecule has 1 N–H and O–H groups in total. The van der Waals surface area contributed by atoms with Gasteiger partial charge in [0.15, 0.2) is 0 Å². The first kappa shape index (κ1) is 11.5. The summed E-state index contributed by atoms with van der Waals surface area (Å²) >= 11 is 0. The van der Waals surface area contributed by atoms with Gasteiger partial charge in [0.25, 0.3) is 0 Å². The maximum atomic E-state index is 10.1. The van der Waals surface area contributed by atoms with Gasteiger partial charge in [-0.1, -0.05) is 6.07 Å². The molecule has 82 valence electrons. The van der Waals surface area contributed by atoms with Crippen molar-refractivity contribution in [2.75, 3.05) is 20.8 Å². The van der Waals surface area contributed by atoms with Gasteiger partial charge in [-0.25, -0.2) is 0 Å². The van der Waals surface area contributed by atoms with Crippen molar-refractivity contribution in [1.29, 1.82) is 0 Å². The minimum absolute atomic E-state index is 0.342. The van der Waals surface area contributed by atoms with Gasteiger partial charge in [0.2, 0.25) is 0 Å². The lowest BCUT2D eigenvalue weighted by molar-refractivity contribution is -0.107. The Hall–Kier alpha value is -1.55. The molecule has 1 rings (SSSR count). The number of carbonyl (C=O) groups excluding carboxylic acids is 1. The van der Waals surface area contributed by atoms with Crippen molar-refractivity contribution in [3.8, 4) is 11.5 Å². The highest BCUT2D eigenvalue weighted by Gasteiger charge is 2.03. The summed E-state index contributed by atoms with van der Waals surface area (Å²) in [5, 5.41) is 2.97. The molecule has 0 fully saturated rings. The molecule has 0 amide bonds. The maximum absolute atomic E-state index is 10.1. The molecule has 0 saturated carbocycles. The van der Waals surface area contributed by atoms with Crippen LogP contribution in [-0.2, 0) is 11.3 Å². The van der Waals surface area contributed by atoms with Crippen LogP contribution in [0.15, 0.2) is 18.2 Å². The van der Waals surface area contributed by atoms with Gasteiger partial charge in [-0.15, -0.1) is 0 Å². The lowest BCUT2D eigenvalue weighted by Gasteiger charge is -2.10. The van der Waals surface area contributed by atoms with Gasteiger partial charge in [0.05, 0.1) is 20.8 Å². The van der Waals surface area contributed by atoms with Crippen LogP contribution >= 0.6 is 0 Å². The molecule has 0 spiro atoms. The van der Waals surface area contributed by atoms with Crippen LogP contribution in [0.25, 0.3) is 0 Å². The summed E-state index contributed by atoms with van der Waals surface area (Å²) in [6, 6.07) is 5.59. The summed E-state index contributed by atoms with van der Waals surface area (Å²) in [7, 11) is 3.22. The van der Waals surface area contributed by atoms with Crippen LogP contribution in [0.2, 0.25) is 0 Å². The Morgan fingerprint density at radius 1 is 1.33 bits per heavy atom. The zero-order chi connectivity index (χ0) is 11.1. The largest absolute Gasteiger partial charge is 0.497 e. The predicted octanol–water partition coefficient (Wildman–Crippen LogP) is 0.992. The van der Waals surface area contributed by atoms with E-state index in [-0.39, 0.29) is 0 Å². The Labute approximate surface area is 89.2 Å². The van der Waals surface area contributed by atoms with Crippen molar-refractivity contribution in [2.24, 2.45) is 0 Å². The molecule has 0 radical (unpaired) electrons. The fourth-order valence-corrected chi connectivity index (χ4v) is 1.26. The van der Waals surface area contributed by atoms with Gasteiger partial charge in [0, 0.05) is 18.2 Å². The highest BCUT2D eigenvalue weighted by atomic mass is 16.5. The van der Waals surface area contributed by atoms with Crippen molar-refractivity contribution in [1.82, 2.24) is 5.32 Å². The Morgan fingerprint density at radius 2 is 2.13 bits per heavy atom. The molecule has 0 heterocycles. The topological polar surface area (TPSA) is 47.6 Å². The number of ether oxygens (including phenoxy) is 2. The quantitative estimate of drug-likeness (QED) is 0.560. The lowest BCUT2D eigenvalue weighted by atomic mass is 10.2. The van der Waals surface area contributed by atoms with E-state index >= 15 is 0 Å². The standard InChI is InChI=1S/C11H15NO3/c1-14-10-4-3-9(8-12-5-6-13)11(7-10)15-2/h3-4,6-7,12H,5,8H2,1-2H3. The molecule has 1 aromatic carbocycles. The second kappa shape index (κ2) is 6.03. The SMILES string of the molecule is COc1ccc(CNCC=O)c(OC)c1. The molecule has 0 saturated heterocycles. The third-order valence-corrected chi connectivity index (χ3v) is 2.04. The van der Waals surface area contributed by atoms with Gasteiger partial charge in [-0.05, 0) is 6.07 Å². The summed E-state index contributed by atoms with van der Waals surface area (Å²) in [5.41, 5.74) is 1.00. The summed E-state index contributed by atoms with van der Waals surface area (Å²) < 4.78 is 10.3. The second-order valence-electron chi connectivity index (χ2n) is 2.98. The first-order valence-electron chi connectivity index (χ1n) is 4.67. The van der Waals surface area contributed by atoms with E-state index in [0.29, 0.717) is 13.1 Å². The Bertz CT molecular complexity index is 326. The van der Waals surface area contributed by atoms with E-state index in [4.69, 9.17) is 9.47 Å². The van der Waals surface area contributed by atoms with Gasteiger partial charge >= 0.3 is 0 Å². The van der Waals surface area contributed by atoms with Crippen molar-refractivity contribution in [2.45, 2.75) is 6.54 Å². The summed E-state index contributed by atoms with van der Waals surface area (Å²) in [4.78, 5) is 10.1. The number of nitrogens with one attached hydrogen (secondary N) is 1. The molecule has 4 heteroatoms. The van der Waals surface area contributed by atoms with Crippen molar-refractivity contribution in [3.05, 3.63) is 23.8 Å². The maximum Gasteiger partial charge on any atom is 0.133 e. The van der Waals surface area contributed by atoms with Crippen LogP contribution in [0.5, 0.6) is 11.5 Å². The predicted molar refractivity (Wildman–Crippen MR) is 57.3 cm³/mol. The zero-order valence-electron chi connectivity index (χ0n) is 8.95. The molecule has 4 nitrogen and oxygen atoms in total. The zero-order valence-corrected chi connectivity index (χ0v) is 8.95. The Balaban J connectivity index is 2.73. The van der Waals surface area contributed by atoms with E-state index in [2.05, 4.69) is 5.32 Å². The van der Waals surface area contributed by atoms with Crippen LogP contribution in [-0.4, -0.2) is 27.1 Å². The number of benzene rings is 1. The van der Waals surface area contributed by atoms with Gasteiger partial charge in [-0.2, -0.15) is 0 Å². The number of rotatable bonds is 6. The summed E-state index contributed by atoms with van der Waals surface area (Å²) in [5.74, 6) is 1.51. The fraction of sp³-hybridized carbons (Fsp3) is 0.364. The van der Waals surface area contributed by atoms with Gasteiger partial charge in [-0.3, -0.25) is 0 Å². The molecule has 0 aromatic heterocycles. The second-order valence-corrected chi connectivity index (χ2v) is 2.98. The highest BCUT2D eigenvalue weighted by molar-refractivity contribution is 5.52. The molecule has 0 bridgehead atoms. The van der Waals surface area contributed by atoms with Crippen LogP contribution in [0, 0.1) is 0 Å². The minimum atomic E-state index is 0.342. The summed E-state index contributed by atoms with van der Waals surface area (Å²) in [6.07, 6.45) is 0.829. The van der Waals surface area contributed by atoms with E-state index in [9.17, 15) is 4.79 Å². The number of methoxy groups -OCH3 is 2. The van der Waals surface area contributed by atoms with Crippen molar-refractivity contribution in [3.63, 3.8) is 0 Å². The van der Waals surface area contributed by atoms with Gasteiger partial charge < -0.3 is 19.6 Å². The van der Waals surface area contributed by atoms with E-state index in [0.717, 1.165) is 23.3 Å². The van der Waals surface area contributed by atoms with Crippen LogP contribution in [0.3, 0.4) is 0 Å². The molecule has 0 unspecified atom stereocenters. The number of aldehydes is 1. The van der Waals surface area contributed by atoms with Crippen LogP contribution < -0.4 is 14.8 Å². The first-order chi connectivity index (χ1) is 7.31. The minimum Gasteiger partial charge on any atom is -0.497 e. The molecule has 1 aromatic rings. The average molecular weight is 209 g/mol. The van der Waals surface area contributed by atoms with Crippen LogP contribution in [0.4, 0.5) is 0 Å². The monoisotopic (exact) mass is 209 g/mol.